The first kappa shape index (κ1) is 19.0. The second-order valence-corrected chi connectivity index (χ2v) is 8.34. The summed E-state index contributed by atoms with van der Waals surface area (Å²) in [7, 11) is 0. The molecule has 0 spiro atoms. The number of hydrogen-bond acceptors (Lipinski definition) is 3. The molecule has 0 aromatic heterocycles. The molecule has 2 fully saturated rings. The van der Waals surface area contributed by atoms with Crippen LogP contribution in [0.25, 0.3) is 0 Å². The highest BCUT2D eigenvalue weighted by atomic mass is 79.9. The number of benzene rings is 2. The van der Waals surface area contributed by atoms with E-state index in [1.807, 2.05) is 36.4 Å². The summed E-state index contributed by atoms with van der Waals surface area (Å²) in [6.07, 6.45) is 2.69. The molecule has 5 nitrogen and oxygen atoms in total. The minimum atomic E-state index is -0.314. The van der Waals surface area contributed by atoms with E-state index in [9.17, 15) is 9.59 Å². The van der Waals surface area contributed by atoms with Gasteiger partial charge < -0.3 is 15.1 Å². The summed E-state index contributed by atoms with van der Waals surface area (Å²) in [4.78, 5) is 29.2. The molecule has 0 bridgehead atoms. The average Bonchev–Trinajstić information content (AvgIpc) is 3.36. The number of carbonyl (C=O) groups is 2. The molecule has 2 aliphatic heterocycles. The van der Waals surface area contributed by atoms with Gasteiger partial charge in [-0.3, -0.25) is 9.59 Å². The van der Waals surface area contributed by atoms with Crippen molar-refractivity contribution < 1.29 is 9.59 Å². The highest BCUT2D eigenvalue weighted by molar-refractivity contribution is 9.10. The minimum Gasteiger partial charge on any atom is -0.371 e. The topological polar surface area (TPSA) is 52.7 Å². The van der Waals surface area contributed by atoms with Crippen LogP contribution in [0.5, 0.6) is 0 Å². The van der Waals surface area contributed by atoms with Gasteiger partial charge in [0.15, 0.2) is 0 Å². The smallest absolute Gasteiger partial charge is 0.227 e. The highest BCUT2D eigenvalue weighted by Gasteiger charge is 2.35. The number of hydrogen-bond donors (Lipinski definition) is 1. The molecule has 146 valence electrons. The number of para-hydroxylation sites is 1. The molecule has 2 aromatic rings. The SMILES string of the molecule is O=C(NCc1ccccc1N1CCCC1)C1CC(=O)N(c2cccc(Br)c2)C1. The van der Waals surface area contributed by atoms with Gasteiger partial charge in [-0.05, 0) is 42.7 Å². The third-order valence-electron chi connectivity index (χ3n) is 5.51. The van der Waals surface area contributed by atoms with Crippen molar-refractivity contribution in [2.24, 2.45) is 5.92 Å². The lowest BCUT2D eigenvalue weighted by atomic mass is 10.1. The molecule has 2 aliphatic rings. The Morgan fingerprint density at radius 2 is 1.89 bits per heavy atom. The number of nitrogens with one attached hydrogen (secondary N) is 1. The van der Waals surface area contributed by atoms with Crippen LogP contribution < -0.4 is 15.1 Å². The zero-order valence-corrected chi connectivity index (χ0v) is 17.3. The zero-order valence-electron chi connectivity index (χ0n) is 15.7. The van der Waals surface area contributed by atoms with Crippen molar-refractivity contribution in [2.75, 3.05) is 29.4 Å². The summed E-state index contributed by atoms with van der Waals surface area (Å²) in [5, 5.41) is 3.05. The second kappa shape index (κ2) is 8.35. The van der Waals surface area contributed by atoms with Crippen molar-refractivity contribution in [3.8, 4) is 0 Å². The molecule has 0 saturated carbocycles. The molecule has 1 N–H and O–H groups in total. The van der Waals surface area contributed by atoms with Crippen LogP contribution in [0.4, 0.5) is 11.4 Å². The van der Waals surface area contributed by atoms with E-state index in [2.05, 4.69) is 38.3 Å². The van der Waals surface area contributed by atoms with E-state index in [4.69, 9.17) is 0 Å². The maximum atomic E-state index is 12.7. The molecule has 6 heteroatoms. The average molecular weight is 442 g/mol. The number of carbonyl (C=O) groups excluding carboxylic acids is 2. The van der Waals surface area contributed by atoms with E-state index < -0.39 is 0 Å². The Morgan fingerprint density at radius 3 is 2.68 bits per heavy atom. The molecule has 0 radical (unpaired) electrons. The molecule has 2 saturated heterocycles. The van der Waals surface area contributed by atoms with E-state index in [-0.39, 0.29) is 24.2 Å². The highest BCUT2D eigenvalue weighted by Crippen LogP contribution is 2.28. The van der Waals surface area contributed by atoms with Crippen LogP contribution in [-0.2, 0) is 16.1 Å². The van der Waals surface area contributed by atoms with Crippen LogP contribution in [0.1, 0.15) is 24.8 Å². The first-order valence-corrected chi connectivity index (χ1v) is 10.6. The van der Waals surface area contributed by atoms with Crippen molar-refractivity contribution in [1.82, 2.24) is 5.32 Å². The maximum absolute atomic E-state index is 12.7. The summed E-state index contributed by atoms with van der Waals surface area (Å²) in [5.41, 5.74) is 3.17. The molecule has 0 aliphatic carbocycles. The Hall–Kier alpha value is -2.34. The van der Waals surface area contributed by atoms with Crippen LogP contribution in [0.2, 0.25) is 0 Å². The molecule has 1 unspecified atom stereocenters. The summed E-state index contributed by atoms with van der Waals surface area (Å²) in [6.45, 7) is 3.06. The van der Waals surface area contributed by atoms with Crippen molar-refractivity contribution in [3.05, 3.63) is 58.6 Å². The Bertz CT molecular complexity index is 880. The van der Waals surface area contributed by atoms with Crippen molar-refractivity contribution >= 4 is 39.1 Å². The Morgan fingerprint density at radius 1 is 1.11 bits per heavy atom. The fourth-order valence-corrected chi connectivity index (χ4v) is 4.42. The van der Waals surface area contributed by atoms with Crippen LogP contribution in [0.15, 0.2) is 53.0 Å². The van der Waals surface area contributed by atoms with Gasteiger partial charge >= 0.3 is 0 Å². The third-order valence-corrected chi connectivity index (χ3v) is 6.00. The summed E-state index contributed by atoms with van der Waals surface area (Å²) < 4.78 is 0.921. The minimum absolute atomic E-state index is 0.00397. The predicted octanol–water partition coefficient (Wildman–Crippen LogP) is 3.72. The fourth-order valence-electron chi connectivity index (χ4n) is 4.03. The van der Waals surface area contributed by atoms with Gasteiger partial charge in [0.05, 0.1) is 5.92 Å². The van der Waals surface area contributed by atoms with Gasteiger partial charge in [0.2, 0.25) is 11.8 Å². The lowest BCUT2D eigenvalue weighted by molar-refractivity contribution is -0.126. The lowest BCUT2D eigenvalue weighted by Crippen LogP contribution is -2.33. The molecule has 4 rings (SSSR count). The first-order chi connectivity index (χ1) is 13.6. The predicted molar refractivity (Wildman–Crippen MR) is 114 cm³/mol. The number of rotatable bonds is 5. The van der Waals surface area contributed by atoms with E-state index in [1.165, 1.54) is 18.5 Å². The van der Waals surface area contributed by atoms with Crippen molar-refractivity contribution in [2.45, 2.75) is 25.8 Å². The zero-order chi connectivity index (χ0) is 19.5. The van der Waals surface area contributed by atoms with Crippen LogP contribution in [0, 0.1) is 5.92 Å². The largest absolute Gasteiger partial charge is 0.371 e. The molecular formula is C22H24BrN3O2. The van der Waals surface area contributed by atoms with Gasteiger partial charge in [-0.2, -0.15) is 0 Å². The monoisotopic (exact) mass is 441 g/mol. The number of anilines is 2. The lowest BCUT2D eigenvalue weighted by Gasteiger charge is -2.22. The number of amides is 2. The fraction of sp³-hybridized carbons (Fsp3) is 0.364. The summed E-state index contributed by atoms with van der Waals surface area (Å²) in [6, 6.07) is 15.9. The van der Waals surface area contributed by atoms with E-state index in [1.54, 1.807) is 4.90 Å². The summed E-state index contributed by atoms with van der Waals surface area (Å²) in [5.74, 6) is -0.372. The van der Waals surface area contributed by atoms with Gasteiger partial charge in [0.25, 0.3) is 0 Å². The van der Waals surface area contributed by atoms with Crippen LogP contribution >= 0.6 is 15.9 Å². The van der Waals surface area contributed by atoms with E-state index in [0.717, 1.165) is 28.8 Å². The van der Waals surface area contributed by atoms with Gasteiger partial charge in [-0.1, -0.05) is 40.2 Å². The molecular weight excluding hydrogens is 418 g/mol. The standard InChI is InChI=1S/C22H24BrN3O2/c23-18-7-5-8-19(13-18)26-15-17(12-21(26)27)22(28)24-14-16-6-1-2-9-20(16)25-10-3-4-11-25/h1-2,5-9,13,17H,3-4,10-12,14-15H2,(H,24,28). The van der Waals surface area contributed by atoms with E-state index >= 15 is 0 Å². The van der Waals surface area contributed by atoms with Crippen molar-refractivity contribution in [3.63, 3.8) is 0 Å². The third kappa shape index (κ3) is 4.07. The molecule has 2 aromatic carbocycles. The van der Waals surface area contributed by atoms with Gasteiger partial charge in [0, 0.05) is 48.4 Å². The summed E-state index contributed by atoms with van der Waals surface area (Å²) >= 11 is 3.44. The number of nitrogens with zero attached hydrogens (tertiary/aromatic N) is 2. The Kier molecular flexibility index (Phi) is 5.67. The molecule has 28 heavy (non-hydrogen) atoms. The van der Waals surface area contributed by atoms with E-state index in [0.29, 0.717) is 13.1 Å². The van der Waals surface area contributed by atoms with Crippen LogP contribution in [-0.4, -0.2) is 31.4 Å². The van der Waals surface area contributed by atoms with Gasteiger partial charge in [-0.15, -0.1) is 0 Å². The van der Waals surface area contributed by atoms with Crippen molar-refractivity contribution in [1.29, 1.82) is 0 Å². The Balaban J connectivity index is 1.39. The molecule has 1 atom stereocenters. The first-order valence-electron chi connectivity index (χ1n) is 9.78. The maximum Gasteiger partial charge on any atom is 0.227 e. The quantitative estimate of drug-likeness (QED) is 0.768. The number of halogens is 1. The second-order valence-electron chi connectivity index (χ2n) is 7.43. The molecule has 2 heterocycles. The molecule has 2 amide bonds. The van der Waals surface area contributed by atoms with Gasteiger partial charge in [0.1, 0.15) is 0 Å². The Labute approximate surface area is 173 Å². The normalized spacial score (nSPS) is 19.3. The van der Waals surface area contributed by atoms with Crippen LogP contribution in [0.3, 0.4) is 0 Å². The van der Waals surface area contributed by atoms with Gasteiger partial charge in [-0.25, -0.2) is 0 Å².